The highest BCUT2D eigenvalue weighted by Crippen LogP contribution is 2.26. The lowest BCUT2D eigenvalue weighted by Crippen LogP contribution is -2.38. The van der Waals surface area contributed by atoms with Crippen molar-refractivity contribution in [2.45, 2.75) is 31.4 Å². The van der Waals surface area contributed by atoms with E-state index in [2.05, 4.69) is 66.4 Å². The van der Waals surface area contributed by atoms with Crippen molar-refractivity contribution < 1.29 is 17.8 Å². The summed E-state index contributed by atoms with van der Waals surface area (Å²) in [5.41, 5.74) is 4.01. The Bertz CT molecular complexity index is 1930. The summed E-state index contributed by atoms with van der Waals surface area (Å²) in [6, 6.07) is 8.36. The van der Waals surface area contributed by atoms with Crippen LogP contribution in [0.25, 0.3) is 22.9 Å². The average Bonchev–Trinajstić information content (AvgIpc) is 3.44. The van der Waals surface area contributed by atoms with Crippen molar-refractivity contribution in [3.05, 3.63) is 81.8 Å². The van der Waals surface area contributed by atoms with Crippen LogP contribution in [0.5, 0.6) is 0 Å². The fourth-order valence-electron chi connectivity index (χ4n) is 5.33. The van der Waals surface area contributed by atoms with E-state index >= 15 is 0 Å². The molecule has 2 atom stereocenters. The number of hydrogen-bond acceptors (Lipinski definition) is 8. The van der Waals surface area contributed by atoms with Gasteiger partial charge < -0.3 is 0 Å². The second-order valence-corrected chi connectivity index (χ2v) is 11.5. The van der Waals surface area contributed by atoms with Crippen LogP contribution < -0.4 is 10.4 Å². The molecule has 200 valence electrons. The Morgan fingerprint density at radius 3 is 2.48 bits per heavy atom. The number of amidine groups is 1. The molecule has 0 spiro atoms. The summed E-state index contributed by atoms with van der Waals surface area (Å²) >= 11 is 0. The van der Waals surface area contributed by atoms with Gasteiger partial charge in [-0.2, -0.15) is 13.4 Å². The molecule has 1 N–H and O–H groups in total. The van der Waals surface area contributed by atoms with Gasteiger partial charge in [0.05, 0.1) is 16.6 Å². The maximum atomic E-state index is 12.2. The van der Waals surface area contributed by atoms with E-state index in [1.807, 2.05) is 19.1 Å². The van der Waals surface area contributed by atoms with Crippen molar-refractivity contribution in [2.24, 2.45) is 25.9 Å². The SMILES string of the molecule is Cc1cnc(CC2C=c3c(ccc4c5c(ccc34)CC=CC=5)CC2S(=O)(=O)O)cn1.O=C1N=CN=C2N=CN=C12. The van der Waals surface area contributed by atoms with Crippen LogP contribution in [0.1, 0.15) is 22.5 Å². The number of carbonyl (C=O) groups is 1. The largest absolute Gasteiger partial charge is 0.301 e. The molecule has 3 heterocycles. The minimum atomic E-state index is -4.21. The van der Waals surface area contributed by atoms with E-state index in [1.54, 1.807) is 12.4 Å². The van der Waals surface area contributed by atoms with E-state index in [9.17, 15) is 17.8 Å². The topological polar surface area (TPSA) is 147 Å². The highest BCUT2D eigenvalue weighted by molar-refractivity contribution is 7.86. The highest BCUT2D eigenvalue weighted by Gasteiger charge is 2.34. The van der Waals surface area contributed by atoms with Gasteiger partial charge in [-0.05, 0) is 58.5 Å². The smallest absolute Gasteiger partial charge is 0.285 e. The number of rotatable bonds is 3. The predicted molar refractivity (Wildman–Crippen MR) is 155 cm³/mol. The van der Waals surface area contributed by atoms with Crippen molar-refractivity contribution in [3.8, 4) is 0 Å². The lowest BCUT2D eigenvalue weighted by molar-refractivity contribution is -0.111. The monoisotopic (exact) mass is 552 g/mol. The Balaban J connectivity index is 0.000000242. The van der Waals surface area contributed by atoms with Crippen LogP contribution in [0.15, 0.2) is 68.8 Å². The first-order valence-corrected chi connectivity index (χ1v) is 14.2. The number of allylic oxidation sites excluding steroid dienone is 2. The zero-order valence-corrected chi connectivity index (χ0v) is 22.3. The molecule has 0 fully saturated rings. The van der Waals surface area contributed by atoms with E-state index in [0.717, 1.165) is 34.0 Å². The van der Waals surface area contributed by atoms with Gasteiger partial charge in [-0.15, -0.1) is 0 Å². The molecule has 0 bridgehead atoms. The first-order valence-electron chi connectivity index (χ1n) is 12.7. The molecule has 7 rings (SSSR count). The van der Waals surface area contributed by atoms with E-state index in [4.69, 9.17) is 0 Å². The lowest BCUT2D eigenvalue weighted by atomic mass is 9.85. The number of fused-ring (bicyclic) bond motifs is 6. The fourth-order valence-corrected chi connectivity index (χ4v) is 6.33. The molecule has 2 aromatic carbocycles. The van der Waals surface area contributed by atoms with Crippen molar-refractivity contribution in [3.63, 3.8) is 0 Å². The minimum Gasteiger partial charge on any atom is -0.285 e. The molecule has 1 amide bonds. The van der Waals surface area contributed by atoms with E-state index in [1.165, 1.54) is 28.8 Å². The molecule has 0 saturated heterocycles. The minimum absolute atomic E-state index is 0.238. The quantitative estimate of drug-likeness (QED) is 0.490. The number of aliphatic imine (C=N–C) groups is 4. The van der Waals surface area contributed by atoms with Gasteiger partial charge >= 0.3 is 5.91 Å². The van der Waals surface area contributed by atoms with Gasteiger partial charge in [0.25, 0.3) is 10.1 Å². The van der Waals surface area contributed by atoms with Crippen LogP contribution in [-0.4, -0.2) is 58.3 Å². The Morgan fingerprint density at radius 2 is 1.73 bits per heavy atom. The van der Waals surface area contributed by atoms with Crippen molar-refractivity contribution in [2.75, 3.05) is 0 Å². The Morgan fingerprint density at radius 1 is 0.950 bits per heavy atom. The van der Waals surface area contributed by atoms with E-state index in [-0.39, 0.29) is 24.0 Å². The van der Waals surface area contributed by atoms with Gasteiger partial charge in [-0.3, -0.25) is 19.3 Å². The molecular weight excluding hydrogens is 528 g/mol. The second kappa shape index (κ2) is 10.2. The number of hydrogen-bond donors (Lipinski definition) is 1. The molecule has 11 heteroatoms. The van der Waals surface area contributed by atoms with Crippen LogP contribution in [0.3, 0.4) is 0 Å². The number of amides is 1. The maximum Gasteiger partial charge on any atom is 0.301 e. The summed E-state index contributed by atoms with van der Waals surface area (Å²) in [6.45, 7) is 1.86. The van der Waals surface area contributed by atoms with Gasteiger partial charge in [0.2, 0.25) is 0 Å². The first kappa shape index (κ1) is 25.8. The van der Waals surface area contributed by atoms with Crippen LogP contribution in [0, 0.1) is 12.8 Å². The van der Waals surface area contributed by atoms with E-state index in [0.29, 0.717) is 12.3 Å². The van der Waals surface area contributed by atoms with Crippen LogP contribution >= 0.6 is 0 Å². The summed E-state index contributed by atoms with van der Waals surface area (Å²) in [6.07, 6.45) is 15.8. The normalized spacial score (nSPS) is 20.3. The molecule has 2 aliphatic heterocycles. The first-order chi connectivity index (χ1) is 19.3. The molecule has 0 saturated carbocycles. The van der Waals surface area contributed by atoms with Gasteiger partial charge in [-0.25, -0.2) is 15.0 Å². The molecule has 2 aliphatic carbocycles. The van der Waals surface area contributed by atoms with Gasteiger partial charge in [-0.1, -0.05) is 48.6 Å². The third-order valence-corrected chi connectivity index (χ3v) is 8.56. The number of carbonyl (C=O) groups excluding carboxylic acids is 1. The summed E-state index contributed by atoms with van der Waals surface area (Å²) < 4.78 is 34.3. The van der Waals surface area contributed by atoms with Crippen molar-refractivity contribution in [1.29, 1.82) is 0 Å². The fraction of sp³-hybridized carbons (Fsp3) is 0.207. The Labute approximate surface area is 229 Å². The number of aromatic nitrogens is 2. The molecular formula is C29H24N6O4S. The summed E-state index contributed by atoms with van der Waals surface area (Å²) in [7, 11) is -4.21. The zero-order chi connectivity index (χ0) is 27.9. The summed E-state index contributed by atoms with van der Waals surface area (Å²) in [5, 5.41) is 3.68. The average molecular weight is 553 g/mol. The molecule has 1 aromatic heterocycles. The second-order valence-electron chi connectivity index (χ2n) is 9.84. The molecule has 2 unspecified atom stereocenters. The van der Waals surface area contributed by atoms with E-state index < -0.39 is 15.4 Å². The van der Waals surface area contributed by atoms with Crippen LogP contribution in [0.4, 0.5) is 0 Å². The molecule has 10 nitrogen and oxygen atoms in total. The Kier molecular flexibility index (Phi) is 6.60. The predicted octanol–water partition coefficient (Wildman–Crippen LogP) is 1.72. The standard InChI is InChI=1S/C24H22N2O3S.C5H2N4O/c1-15-13-26-19(14-25-15)10-18-11-23-17(12-24(18)30(27,28)29)7-9-21-20-5-3-2-4-16(20)6-8-22(21)23;10-5-3-4(7-1-6-3)8-2-9-5/h2-3,5-9,11,13-14,18,24H,4,10,12H2,1H3,(H,27,28,29);1-2H. The number of nitrogens with zero attached hydrogens (tertiary/aromatic N) is 6. The number of benzene rings is 2. The van der Waals surface area contributed by atoms with Gasteiger partial charge in [0, 0.05) is 18.3 Å². The van der Waals surface area contributed by atoms with Gasteiger partial charge in [0.1, 0.15) is 12.7 Å². The van der Waals surface area contributed by atoms with Crippen LogP contribution in [-0.2, 0) is 34.2 Å². The third kappa shape index (κ3) is 4.96. The zero-order valence-electron chi connectivity index (χ0n) is 21.5. The maximum absolute atomic E-state index is 12.2. The van der Waals surface area contributed by atoms with Crippen molar-refractivity contribution in [1.82, 2.24) is 9.97 Å². The van der Waals surface area contributed by atoms with Crippen LogP contribution in [0.2, 0.25) is 0 Å². The summed E-state index contributed by atoms with van der Waals surface area (Å²) in [5.74, 6) is -0.391. The summed E-state index contributed by atoms with van der Waals surface area (Å²) in [4.78, 5) is 34.0. The highest BCUT2D eigenvalue weighted by atomic mass is 32.2. The molecule has 3 aromatic rings. The van der Waals surface area contributed by atoms with Gasteiger partial charge in [0.15, 0.2) is 11.5 Å². The molecule has 4 aliphatic rings. The third-order valence-electron chi connectivity index (χ3n) is 7.28. The number of aryl methyl sites for hydroxylation is 1. The molecule has 0 radical (unpaired) electrons. The molecule has 40 heavy (non-hydrogen) atoms. The van der Waals surface area contributed by atoms with Crippen molar-refractivity contribution >= 4 is 63.2 Å². The Hall–Kier alpha value is -4.48. The lowest BCUT2D eigenvalue weighted by Gasteiger charge is -2.27.